The zero-order valence-electron chi connectivity index (χ0n) is 19.3. The van der Waals surface area contributed by atoms with Gasteiger partial charge in [0.1, 0.15) is 5.60 Å². The lowest BCUT2D eigenvalue weighted by molar-refractivity contribution is -0.218. The molecule has 8 heteroatoms. The molecule has 0 aliphatic heterocycles. The van der Waals surface area contributed by atoms with Crippen molar-refractivity contribution in [2.75, 3.05) is 18.1 Å². The number of ketones is 2. The minimum atomic E-state index is -1.96. The van der Waals surface area contributed by atoms with Crippen molar-refractivity contribution < 1.29 is 24.2 Å². The third-order valence-corrected chi connectivity index (χ3v) is 10.4. The summed E-state index contributed by atoms with van der Waals surface area (Å²) in [5.74, 6) is -0.792. The minimum absolute atomic E-state index is 0.00176. The van der Waals surface area contributed by atoms with Crippen molar-refractivity contribution in [3.05, 3.63) is 23.8 Å². The van der Waals surface area contributed by atoms with Crippen LogP contribution in [0, 0.1) is 28.6 Å². The predicted molar refractivity (Wildman–Crippen MR) is 130 cm³/mol. The van der Waals surface area contributed by atoms with Gasteiger partial charge in [-0.05, 0) is 68.8 Å². The van der Waals surface area contributed by atoms with E-state index in [0.717, 1.165) is 5.57 Å². The van der Waals surface area contributed by atoms with Gasteiger partial charge in [0.05, 0.1) is 23.6 Å². The van der Waals surface area contributed by atoms with E-state index in [4.69, 9.17) is 0 Å². The summed E-state index contributed by atoms with van der Waals surface area (Å²) >= 11 is 5.95. The predicted octanol–water partition coefficient (Wildman–Crippen LogP) is 3.74. The van der Waals surface area contributed by atoms with Gasteiger partial charge >= 0.3 is 0 Å². The van der Waals surface area contributed by atoms with E-state index in [-0.39, 0.29) is 35.6 Å². The van der Waals surface area contributed by atoms with Gasteiger partial charge in [-0.15, -0.1) is 0 Å². The van der Waals surface area contributed by atoms with Gasteiger partial charge in [0.25, 0.3) is 0 Å². The highest BCUT2D eigenvalue weighted by atomic mass is 32.2. The number of alkyl halides is 1. The van der Waals surface area contributed by atoms with Crippen LogP contribution in [-0.2, 0) is 9.59 Å². The average Bonchev–Trinajstić information content (AvgIpc) is 2.96. The second-order valence-electron chi connectivity index (χ2n) is 10.6. The monoisotopic (exact) mass is 493 g/mol. The number of rotatable bonds is 6. The molecule has 8 atom stereocenters. The molecule has 0 bridgehead atoms. The molecule has 0 radical (unpaired) electrons. The molecule has 0 aromatic heterocycles. The molecule has 180 valence electrons. The highest BCUT2D eigenvalue weighted by Crippen LogP contribution is 2.70. The number of hydrogen-bond donors (Lipinski definition) is 2. The number of nitrogens with zero attached hydrogens (tertiary/aromatic N) is 1. The number of allylic oxidation sites excluding steroid dienone is 4. The average molecular weight is 494 g/mol. The van der Waals surface area contributed by atoms with E-state index in [1.54, 1.807) is 13.0 Å². The van der Waals surface area contributed by atoms with Crippen molar-refractivity contribution in [3.8, 4) is 0 Å². The highest BCUT2D eigenvalue weighted by molar-refractivity contribution is 7.99. The standard InChI is InChI=1S/C25H32FNO4S2/c1-15-10-19-18-5-4-16-11-17(28)6-7-22(16,2)24(18,26)20(29)12-23(19,3)25(15,31)21(30)13-33-9-8-27-14-32/h6-7,11,15,18-20,29,31H,4-5,8-10,12-13H2,1-3H3/t15-,18+,19+,20+,22+,23+,24+,25+/m1/s1. The number of aliphatic imine (C=N–C) groups is 1. The second kappa shape index (κ2) is 8.49. The van der Waals surface area contributed by atoms with Gasteiger partial charge in [-0.25, -0.2) is 9.38 Å². The Morgan fingerprint density at radius 3 is 2.82 bits per heavy atom. The molecule has 0 spiro atoms. The first-order valence-electron chi connectivity index (χ1n) is 11.6. The second-order valence-corrected chi connectivity index (χ2v) is 11.9. The molecule has 33 heavy (non-hydrogen) atoms. The molecule has 0 saturated heterocycles. The van der Waals surface area contributed by atoms with Crippen molar-refractivity contribution >= 4 is 40.7 Å². The normalized spacial score (nSPS) is 46.0. The Bertz CT molecular complexity index is 977. The van der Waals surface area contributed by atoms with Gasteiger partial charge in [-0.3, -0.25) is 9.59 Å². The molecule has 4 aliphatic carbocycles. The first-order valence-corrected chi connectivity index (χ1v) is 13.2. The zero-order chi connectivity index (χ0) is 24.2. The fourth-order valence-electron chi connectivity index (χ4n) is 7.57. The van der Waals surface area contributed by atoms with Crippen LogP contribution in [0.2, 0.25) is 0 Å². The third kappa shape index (κ3) is 3.32. The van der Waals surface area contributed by atoms with Crippen LogP contribution in [0.1, 0.15) is 46.5 Å². The number of hydrogen-bond acceptors (Lipinski definition) is 7. The lowest BCUT2D eigenvalue weighted by Crippen LogP contribution is -2.69. The maximum absolute atomic E-state index is 17.1. The van der Waals surface area contributed by atoms with Crippen LogP contribution in [0.4, 0.5) is 4.39 Å². The minimum Gasteiger partial charge on any atom is -0.390 e. The topological polar surface area (TPSA) is 87.0 Å². The molecule has 3 saturated carbocycles. The number of carbonyl (C=O) groups is 2. The molecule has 0 aromatic rings. The van der Waals surface area contributed by atoms with Crippen molar-refractivity contribution in [2.45, 2.75) is 63.8 Å². The van der Waals surface area contributed by atoms with E-state index in [1.165, 1.54) is 23.9 Å². The largest absolute Gasteiger partial charge is 0.390 e. The van der Waals surface area contributed by atoms with E-state index in [9.17, 15) is 19.8 Å². The fourth-order valence-corrected chi connectivity index (χ4v) is 8.43. The Morgan fingerprint density at radius 2 is 2.12 bits per heavy atom. The molecule has 0 unspecified atom stereocenters. The smallest absolute Gasteiger partial charge is 0.178 e. The summed E-state index contributed by atoms with van der Waals surface area (Å²) in [6.07, 6.45) is 4.76. The first kappa shape index (κ1) is 24.9. The first-order chi connectivity index (χ1) is 15.5. The number of thioether (sulfide) groups is 1. The van der Waals surface area contributed by atoms with Crippen LogP contribution in [0.15, 0.2) is 28.8 Å². The summed E-state index contributed by atoms with van der Waals surface area (Å²) < 4.78 is 17.1. The molecule has 0 amide bonds. The number of aliphatic hydroxyl groups excluding tert-OH is 1. The van der Waals surface area contributed by atoms with Gasteiger partial charge in [-0.1, -0.05) is 25.5 Å². The molecular weight excluding hydrogens is 461 g/mol. The quantitative estimate of drug-likeness (QED) is 0.333. The van der Waals surface area contributed by atoms with Crippen molar-refractivity contribution in [1.29, 1.82) is 0 Å². The molecule has 4 rings (SSSR count). The van der Waals surface area contributed by atoms with Crippen molar-refractivity contribution in [3.63, 3.8) is 0 Å². The summed E-state index contributed by atoms with van der Waals surface area (Å²) in [7, 11) is 0. The van der Waals surface area contributed by atoms with Crippen LogP contribution >= 0.6 is 24.0 Å². The maximum atomic E-state index is 17.1. The van der Waals surface area contributed by atoms with Crippen molar-refractivity contribution in [1.82, 2.24) is 0 Å². The molecule has 3 fully saturated rings. The van der Waals surface area contributed by atoms with Gasteiger partial charge < -0.3 is 10.2 Å². The van der Waals surface area contributed by atoms with Crippen LogP contribution in [0.5, 0.6) is 0 Å². The van der Waals surface area contributed by atoms with Gasteiger partial charge in [0.2, 0.25) is 0 Å². The fraction of sp³-hybridized carbons (Fsp3) is 0.720. The molecule has 0 heterocycles. The number of halogens is 1. The molecule has 2 N–H and O–H groups in total. The molecule has 0 aromatic carbocycles. The van der Waals surface area contributed by atoms with Crippen molar-refractivity contribution in [2.24, 2.45) is 33.6 Å². The van der Waals surface area contributed by atoms with Crippen LogP contribution < -0.4 is 0 Å². The van der Waals surface area contributed by atoms with Gasteiger partial charge in [0.15, 0.2) is 17.2 Å². The Morgan fingerprint density at radius 1 is 1.39 bits per heavy atom. The Kier molecular flexibility index (Phi) is 6.41. The van der Waals surface area contributed by atoms with Gasteiger partial charge in [-0.2, -0.15) is 11.8 Å². The number of carbonyl (C=O) groups excluding carboxylic acids is 2. The number of Topliss-reactive ketones (excluding diaryl/α,β-unsaturated/α-hetero) is 1. The molecule has 4 aliphatic rings. The lowest BCUT2D eigenvalue weighted by Gasteiger charge is -2.62. The molecule has 5 nitrogen and oxygen atoms in total. The number of fused-ring (bicyclic) bond motifs is 5. The summed E-state index contributed by atoms with van der Waals surface area (Å²) in [5, 5.41) is 25.5. The Labute approximate surface area is 204 Å². The third-order valence-electron chi connectivity index (χ3n) is 9.29. The number of aliphatic hydroxyl groups is 2. The summed E-state index contributed by atoms with van der Waals surface area (Å²) in [6, 6.07) is 0. The number of isothiocyanates is 1. The Hall–Kier alpha value is -1.18. The summed E-state index contributed by atoms with van der Waals surface area (Å²) in [4.78, 5) is 29.2. The maximum Gasteiger partial charge on any atom is 0.178 e. The summed E-state index contributed by atoms with van der Waals surface area (Å²) in [6.45, 7) is 5.96. The molecular formula is C25H32FNO4S2. The summed E-state index contributed by atoms with van der Waals surface area (Å²) in [5.41, 5.74) is -4.86. The highest BCUT2D eigenvalue weighted by Gasteiger charge is 2.75. The SMILES string of the molecule is C[C@@H]1C[C@H]2[C@@H]3CCC4=CC(=O)C=C[C@]4(C)[C@@]3(F)[C@@H](O)C[C@]2(C)[C@@]1(O)C(=O)CSCCN=C=S. The zero-order valence-corrected chi connectivity index (χ0v) is 21.0. The lowest BCUT2D eigenvalue weighted by atomic mass is 9.44. The van der Waals surface area contributed by atoms with E-state index in [0.29, 0.717) is 31.6 Å². The van der Waals surface area contributed by atoms with Crippen LogP contribution in [0.25, 0.3) is 0 Å². The van der Waals surface area contributed by atoms with E-state index in [2.05, 4.69) is 22.4 Å². The van der Waals surface area contributed by atoms with E-state index < -0.39 is 34.1 Å². The van der Waals surface area contributed by atoms with Crippen LogP contribution in [0.3, 0.4) is 0 Å². The van der Waals surface area contributed by atoms with E-state index in [1.807, 2.05) is 13.8 Å². The van der Waals surface area contributed by atoms with Gasteiger partial charge in [0, 0.05) is 22.5 Å². The van der Waals surface area contributed by atoms with E-state index >= 15 is 4.39 Å². The Balaban J connectivity index is 1.66. The number of thiocarbonyl (C=S) groups is 1. The van der Waals surface area contributed by atoms with Crippen LogP contribution in [-0.4, -0.2) is 62.4 Å².